The Hall–Kier alpha value is -2.56. The normalized spacial score (nSPS) is 16.7. The Bertz CT molecular complexity index is 965. The highest BCUT2D eigenvalue weighted by Gasteiger charge is 2.31. The molecular weight excluding hydrogens is 300 g/mol. The smallest absolute Gasteiger partial charge is 0.256 e. The van der Waals surface area contributed by atoms with Crippen LogP contribution in [0.5, 0.6) is 0 Å². The third-order valence-electron chi connectivity index (χ3n) is 5.50. The first kappa shape index (κ1) is 13.8. The summed E-state index contributed by atoms with van der Waals surface area (Å²) in [5, 5.41) is 1.13. The van der Waals surface area contributed by atoms with Crippen LogP contribution >= 0.6 is 0 Å². The molecule has 3 aromatic rings. The highest BCUT2D eigenvalue weighted by molar-refractivity contribution is 6.09. The van der Waals surface area contributed by atoms with Crippen LogP contribution in [0.15, 0.2) is 24.5 Å². The first-order valence-corrected chi connectivity index (χ1v) is 8.65. The van der Waals surface area contributed by atoms with Gasteiger partial charge in [-0.1, -0.05) is 18.2 Å². The fourth-order valence-corrected chi connectivity index (χ4v) is 4.29. The maximum atomic E-state index is 13.3. The van der Waals surface area contributed by atoms with Gasteiger partial charge in [0.1, 0.15) is 0 Å². The van der Waals surface area contributed by atoms with E-state index in [1.165, 1.54) is 16.8 Å². The number of aryl methyl sites for hydroxylation is 3. The number of carbonyl (C=O) groups is 1. The Kier molecular flexibility index (Phi) is 2.86. The Morgan fingerprint density at radius 3 is 3.00 bits per heavy atom. The van der Waals surface area contributed by atoms with Crippen LogP contribution in [-0.4, -0.2) is 31.9 Å². The van der Waals surface area contributed by atoms with Crippen molar-refractivity contribution in [2.45, 2.75) is 39.3 Å². The number of nitrogens with one attached hydrogen (secondary N) is 1. The lowest BCUT2D eigenvalue weighted by molar-refractivity contribution is 0.0748. The molecule has 2 aliphatic rings. The highest BCUT2D eigenvalue weighted by Crippen LogP contribution is 2.36. The SMILES string of the molecule is Cc1[nH]cnc1CN1CCCc2c(c3cccc4c3n2CC4)C1=O. The topological polar surface area (TPSA) is 53.9 Å². The number of hydrogen-bond donors (Lipinski definition) is 1. The molecule has 0 atom stereocenters. The zero-order valence-electron chi connectivity index (χ0n) is 13.8. The van der Waals surface area contributed by atoms with E-state index in [1.807, 2.05) is 11.8 Å². The molecular formula is C19H20N4O. The van der Waals surface area contributed by atoms with Crippen molar-refractivity contribution in [3.05, 3.63) is 52.7 Å². The molecule has 1 N–H and O–H groups in total. The summed E-state index contributed by atoms with van der Waals surface area (Å²) in [6, 6.07) is 6.40. The summed E-state index contributed by atoms with van der Waals surface area (Å²) in [4.78, 5) is 22.8. The van der Waals surface area contributed by atoms with E-state index in [9.17, 15) is 4.79 Å². The van der Waals surface area contributed by atoms with Gasteiger partial charge in [0.15, 0.2) is 0 Å². The van der Waals surface area contributed by atoms with Crippen molar-refractivity contribution < 1.29 is 4.79 Å². The number of fused-ring (bicyclic) bond motifs is 3. The monoisotopic (exact) mass is 320 g/mol. The van der Waals surface area contributed by atoms with E-state index in [1.54, 1.807) is 6.33 Å². The molecule has 0 unspecified atom stereocenters. The van der Waals surface area contributed by atoms with Gasteiger partial charge in [-0.05, 0) is 31.7 Å². The minimum absolute atomic E-state index is 0.160. The van der Waals surface area contributed by atoms with Gasteiger partial charge in [-0.3, -0.25) is 4.79 Å². The van der Waals surface area contributed by atoms with Gasteiger partial charge >= 0.3 is 0 Å². The molecule has 0 fully saturated rings. The third-order valence-corrected chi connectivity index (χ3v) is 5.50. The molecule has 5 heteroatoms. The minimum atomic E-state index is 0.160. The molecule has 0 bridgehead atoms. The first-order valence-electron chi connectivity index (χ1n) is 8.65. The van der Waals surface area contributed by atoms with Crippen molar-refractivity contribution in [2.75, 3.05) is 6.54 Å². The van der Waals surface area contributed by atoms with Gasteiger partial charge in [-0.2, -0.15) is 0 Å². The number of H-pyrrole nitrogens is 1. The average Bonchev–Trinajstić information content (AvgIpc) is 3.24. The molecule has 0 saturated heterocycles. The van der Waals surface area contributed by atoms with E-state index < -0.39 is 0 Å². The van der Waals surface area contributed by atoms with Crippen molar-refractivity contribution in [1.82, 2.24) is 19.4 Å². The molecule has 0 spiro atoms. The lowest BCUT2D eigenvalue weighted by Crippen LogP contribution is -2.30. The van der Waals surface area contributed by atoms with Crippen molar-refractivity contribution in [2.24, 2.45) is 0 Å². The molecule has 1 amide bonds. The predicted molar refractivity (Wildman–Crippen MR) is 92.0 cm³/mol. The number of aromatic amines is 1. The van der Waals surface area contributed by atoms with Crippen LogP contribution in [0.4, 0.5) is 0 Å². The molecule has 0 aliphatic carbocycles. The van der Waals surface area contributed by atoms with E-state index in [0.29, 0.717) is 6.54 Å². The predicted octanol–water partition coefficient (Wildman–Crippen LogP) is 2.82. The number of imidazole rings is 1. The quantitative estimate of drug-likeness (QED) is 0.789. The summed E-state index contributed by atoms with van der Waals surface area (Å²) >= 11 is 0. The lowest BCUT2D eigenvalue weighted by atomic mass is 10.0. The summed E-state index contributed by atoms with van der Waals surface area (Å²) in [6.07, 6.45) is 4.78. The molecule has 1 aromatic carbocycles. The van der Waals surface area contributed by atoms with Gasteiger partial charge in [-0.15, -0.1) is 0 Å². The fourth-order valence-electron chi connectivity index (χ4n) is 4.29. The number of para-hydroxylation sites is 1. The number of nitrogens with zero attached hydrogens (tertiary/aromatic N) is 3. The second-order valence-electron chi connectivity index (χ2n) is 6.84. The van der Waals surface area contributed by atoms with Gasteiger partial charge in [0.2, 0.25) is 0 Å². The molecule has 2 aliphatic heterocycles. The summed E-state index contributed by atoms with van der Waals surface area (Å²) in [5.41, 5.74) is 6.83. The molecule has 0 radical (unpaired) electrons. The average molecular weight is 320 g/mol. The molecule has 122 valence electrons. The zero-order chi connectivity index (χ0) is 16.3. The van der Waals surface area contributed by atoms with E-state index in [-0.39, 0.29) is 5.91 Å². The molecule has 5 rings (SSSR count). The van der Waals surface area contributed by atoms with Crippen LogP contribution in [0.25, 0.3) is 10.9 Å². The van der Waals surface area contributed by atoms with Crippen LogP contribution < -0.4 is 0 Å². The first-order chi connectivity index (χ1) is 11.7. The van der Waals surface area contributed by atoms with E-state index >= 15 is 0 Å². The van der Waals surface area contributed by atoms with Crippen LogP contribution in [0, 0.1) is 6.92 Å². The fraction of sp³-hybridized carbons (Fsp3) is 0.368. The van der Waals surface area contributed by atoms with Gasteiger partial charge in [-0.25, -0.2) is 4.98 Å². The maximum Gasteiger partial charge on any atom is 0.256 e. The van der Waals surface area contributed by atoms with E-state index in [2.05, 4.69) is 32.7 Å². The van der Waals surface area contributed by atoms with Gasteiger partial charge < -0.3 is 14.5 Å². The van der Waals surface area contributed by atoms with Crippen molar-refractivity contribution in [3.8, 4) is 0 Å². The highest BCUT2D eigenvalue weighted by atomic mass is 16.2. The number of hydrogen-bond acceptors (Lipinski definition) is 2. The number of rotatable bonds is 2. The summed E-state index contributed by atoms with van der Waals surface area (Å²) in [6.45, 7) is 4.39. The Labute approximate surface area is 140 Å². The Balaban J connectivity index is 1.63. The Morgan fingerprint density at radius 2 is 2.17 bits per heavy atom. The molecule has 4 heterocycles. The van der Waals surface area contributed by atoms with Crippen molar-refractivity contribution >= 4 is 16.8 Å². The van der Waals surface area contributed by atoms with Gasteiger partial charge in [0.25, 0.3) is 5.91 Å². The number of aromatic nitrogens is 3. The summed E-state index contributed by atoms with van der Waals surface area (Å²) in [7, 11) is 0. The molecule has 5 nitrogen and oxygen atoms in total. The standard InChI is InChI=1S/C19H20N4O/c1-12-15(21-11-20-12)10-22-8-3-6-16-17(19(22)24)14-5-2-4-13-7-9-23(16)18(13)14/h2,4-5,11H,3,6-10H2,1H3,(H,20,21). The molecule has 2 aromatic heterocycles. The molecule has 24 heavy (non-hydrogen) atoms. The van der Waals surface area contributed by atoms with E-state index in [0.717, 1.165) is 54.7 Å². The second-order valence-corrected chi connectivity index (χ2v) is 6.84. The minimum Gasteiger partial charge on any atom is -0.348 e. The van der Waals surface area contributed by atoms with Crippen molar-refractivity contribution in [1.29, 1.82) is 0 Å². The van der Waals surface area contributed by atoms with Crippen LogP contribution in [-0.2, 0) is 25.9 Å². The van der Waals surface area contributed by atoms with Crippen LogP contribution in [0.1, 0.15) is 39.4 Å². The van der Waals surface area contributed by atoms with Gasteiger partial charge in [0, 0.05) is 29.9 Å². The summed E-state index contributed by atoms with van der Waals surface area (Å²) in [5.74, 6) is 0.160. The van der Waals surface area contributed by atoms with Crippen molar-refractivity contribution in [3.63, 3.8) is 0 Å². The summed E-state index contributed by atoms with van der Waals surface area (Å²) < 4.78 is 2.39. The van der Waals surface area contributed by atoms with Gasteiger partial charge in [0.05, 0.1) is 29.6 Å². The van der Waals surface area contributed by atoms with Crippen LogP contribution in [0.2, 0.25) is 0 Å². The number of benzene rings is 1. The Morgan fingerprint density at radius 1 is 1.25 bits per heavy atom. The third kappa shape index (κ3) is 1.81. The second kappa shape index (κ2) is 4.97. The molecule has 0 saturated carbocycles. The van der Waals surface area contributed by atoms with Crippen LogP contribution in [0.3, 0.4) is 0 Å². The number of carbonyl (C=O) groups excluding carboxylic acids is 1. The lowest BCUT2D eigenvalue weighted by Gasteiger charge is -2.20. The zero-order valence-corrected chi connectivity index (χ0v) is 13.8. The van der Waals surface area contributed by atoms with E-state index in [4.69, 9.17) is 0 Å². The maximum absolute atomic E-state index is 13.3. The number of amides is 1. The largest absolute Gasteiger partial charge is 0.348 e.